The Labute approximate surface area is 92.7 Å². The van der Waals surface area contributed by atoms with Gasteiger partial charge < -0.3 is 5.11 Å². The molecule has 7 heteroatoms. The Kier molecular flexibility index (Phi) is 2.46. The van der Waals surface area contributed by atoms with E-state index in [9.17, 15) is 4.79 Å². The highest BCUT2D eigenvalue weighted by Crippen LogP contribution is 2.15. The molecule has 1 aromatic carbocycles. The van der Waals surface area contributed by atoms with Crippen LogP contribution in [0, 0.1) is 0 Å². The Bertz CT molecular complexity index is 511. The third kappa shape index (κ3) is 1.86. The van der Waals surface area contributed by atoms with Crippen molar-refractivity contribution >= 4 is 21.9 Å². The maximum atomic E-state index is 10.8. The number of aromatic nitrogens is 4. The average Bonchev–Trinajstić information content (AvgIpc) is 2.65. The molecule has 0 bridgehead atoms. The second-order valence-electron chi connectivity index (χ2n) is 2.70. The van der Waals surface area contributed by atoms with Gasteiger partial charge in [0.1, 0.15) is 0 Å². The number of carbonyl (C=O) groups is 1. The van der Waals surface area contributed by atoms with Crippen LogP contribution in [0.5, 0.6) is 0 Å². The summed E-state index contributed by atoms with van der Waals surface area (Å²) >= 11 is 3.28. The summed E-state index contributed by atoms with van der Waals surface area (Å²) in [7, 11) is 0. The summed E-state index contributed by atoms with van der Waals surface area (Å²) in [5.74, 6) is -1.38. The van der Waals surface area contributed by atoms with E-state index in [2.05, 4.69) is 31.5 Å². The molecule has 0 unspecified atom stereocenters. The summed E-state index contributed by atoms with van der Waals surface area (Å²) in [6.07, 6.45) is 0. The van der Waals surface area contributed by atoms with Crippen LogP contribution in [0.15, 0.2) is 28.7 Å². The van der Waals surface area contributed by atoms with E-state index in [-0.39, 0.29) is 5.82 Å². The van der Waals surface area contributed by atoms with Gasteiger partial charge >= 0.3 is 5.97 Å². The Balaban J connectivity index is 2.54. The van der Waals surface area contributed by atoms with E-state index >= 15 is 0 Å². The van der Waals surface area contributed by atoms with Crippen molar-refractivity contribution in [2.24, 2.45) is 0 Å². The lowest BCUT2D eigenvalue weighted by Gasteiger charge is -2.01. The van der Waals surface area contributed by atoms with Crippen LogP contribution >= 0.6 is 15.9 Å². The van der Waals surface area contributed by atoms with Crippen molar-refractivity contribution in [1.29, 1.82) is 0 Å². The van der Waals surface area contributed by atoms with Gasteiger partial charge in [-0.05, 0) is 28.6 Å². The summed E-state index contributed by atoms with van der Waals surface area (Å²) in [4.78, 5) is 10.8. The van der Waals surface area contributed by atoms with Gasteiger partial charge in [0.15, 0.2) is 0 Å². The third-order valence-corrected chi connectivity index (χ3v) is 2.21. The number of rotatable bonds is 2. The van der Waals surface area contributed by atoms with Crippen molar-refractivity contribution in [3.05, 3.63) is 34.6 Å². The molecule has 1 aromatic heterocycles. The minimum atomic E-state index is -1.17. The SMILES string of the molecule is O=C(O)c1nnnn1-c1cccc(Br)c1. The highest BCUT2D eigenvalue weighted by molar-refractivity contribution is 9.10. The molecule has 15 heavy (non-hydrogen) atoms. The molecule has 0 amide bonds. The minimum absolute atomic E-state index is 0.215. The van der Waals surface area contributed by atoms with Crippen LogP contribution in [0.25, 0.3) is 5.69 Å². The number of halogens is 1. The summed E-state index contributed by atoms with van der Waals surface area (Å²) in [5.41, 5.74) is 0.590. The van der Waals surface area contributed by atoms with Gasteiger partial charge in [-0.1, -0.05) is 22.0 Å². The molecule has 0 saturated heterocycles. The fourth-order valence-electron chi connectivity index (χ4n) is 1.10. The van der Waals surface area contributed by atoms with E-state index in [0.717, 1.165) is 9.15 Å². The van der Waals surface area contributed by atoms with Crippen LogP contribution in [0.3, 0.4) is 0 Å². The predicted octanol–water partition coefficient (Wildman–Crippen LogP) is 1.12. The van der Waals surface area contributed by atoms with Crippen molar-refractivity contribution < 1.29 is 9.90 Å². The molecule has 0 radical (unpaired) electrons. The number of hydrogen-bond acceptors (Lipinski definition) is 4. The van der Waals surface area contributed by atoms with Crippen LogP contribution < -0.4 is 0 Å². The monoisotopic (exact) mass is 268 g/mol. The normalized spacial score (nSPS) is 10.2. The molecule has 6 nitrogen and oxygen atoms in total. The van der Waals surface area contributed by atoms with Crippen molar-refractivity contribution in [3.63, 3.8) is 0 Å². The molecule has 0 saturated carbocycles. The van der Waals surface area contributed by atoms with Crippen molar-refractivity contribution in [3.8, 4) is 5.69 Å². The maximum Gasteiger partial charge on any atom is 0.376 e. The average molecular weight is 269 g/mol. The summed E-state index contributed by atoms with van der Waals surface area (Å²) in [5, 5.41) is 19.1. The minimum Gasteiger partial charge on any atom is -0.475 e. The molecule has 76 valence electrons. The van der Waals surface area contributed by atoms with Crippen LogP contribution in [0.4, 0.5) is 0 Å². The Morgan fingerprint density at radius 2 is 2.27 bits per heavy atom. The number of tetrazole rings is 1. The molecule has 0 atom stereocenters. The van der Waals surface area contributed by atoms with E-state index in [1.165, 1.54) is 0 Å². The van der Waals surface area contributed by atoms with E-state index in [4.69, 9.17) is 5.11 Å². The summed E-state index contributed by atoms with van der Waals surface area (Å²) in [6, 6.07) is 7.04. The first-order valence-corrected chi connectivity index (χ1v) is 4.75. The lowest BCUT2D eigenvalue weighted by Crippen LogP contribution is -2.09. The molecule has 2 rings (SSSR count). The topological polar surface area (TPSA) is 80.9 Å². The number of carboxylic acids is 1. The van der Waals surface area contributed by atoms with Gasteiger partial charge in [-0.3, -0.25) is 0 Å². The van der Waals surface area contributed by atoms with E-state index in [1.807, 2.05) is 6.07 Å². The highest BCUT2D eigenvalue weighted by Gasteiger charge is 2.14. The van der Waals surface area contributed by atoms with Crippen LogP contribution in [-0.4, -0.2) is 31.3 Å². The molecule has 2 aromatic rings. The number of nitrogens with zero attached hydrogens (tertiary/aromatic N) is 4. The number of benzene rings is 1. The van der Waals surface area contributed by atoms with Crippen molar-refractivity contribution in [2.75, 3.05) is 0 Å². The van der Waals surface area contributed by atoms with Gasteiger partial charge in [0, 0.05) is 4.47 Å². The second kappa shape index (κ2) is 3.77. The first-order chi connectivity index (χ1) is 7.18. The molecular weight excluding hydrogens is 264 g/mol. The van der Waals surface area contributed by atoms with Gasteiger partial charge in [-0.2, -0.15) is 4.68 Å². The molecular formula is C8H5BrN4O2. The fraction of sp³-hybridized carbons (Fsp3) is 0. The fourth-order valence-corrected chi connectivity index (χ4v) is 1.49. The molecule has 0 aliphatic rings. The maximum absolute atomic E-state index is 10.8. The zero-order chi connectivity index (χ0) is 10.8. The smallest absolute Gasteiger partial charge is 0.376 e. The lowest BCUT2D eigenvalue weighted by atomic mass is 10.3. The van der Waals surface area contributed by atoms with Gasteiger partial charge in [-0.15, -0.1) is 5.10 Å². The molecule has 0 aliphatic heterocycles. The van der Waals surface area contributed by atoms with Crippen molar-refractivity contribution in [1.82, 2.24) is 20.2 Å². The largest absolute Gasteiger partial charge is 0.475 e. The first-order valence-electron chi connectivity index (χ1n) is 3.96. The van der Waals surface area contributed by atoms with Crippen LogP contribution in [-0.2, 0) is 0 Å². The number of aromatic carboxylic acids is 1. The van der Waals surface area contributed by atoms with Gasteiger partial charge in [0.2, 0.25) is 0 Å². The Morgan fingerprint density at radius 3 is 2.93 bits per heavy atom. The molecule has 0 fully saturated rings. The quantitative estimate of drug-likeness (QED) is 0.883. The molecule has 1 N–H and O–H groups in total. The third-order valence-electron chi connectivity index (χ3n) is 1.71. The van der Waals surface area contributed by atoms with Gasteiger partial charge in [0.05, 0.1) is 5.69 Å². The summed E-state index contributed by atoms with van der Waals surface area (Å²) < 4.78 is 1.99. The number of carboxylic acid groups (broad SMARTS) is 1. The van der Waals surface area contributed by atoms with Gasteiger partial charge in [0.25, 0.3) is 5.82 Å². The van der Waals surface area contributed by atoms with Crippen LogP contribution in [0.2, 0.25) is 0 Å². The second-order valence-corrected chi connectivity index (χ2v) is 3.61. The zero-order valence-corrected chi connectivity index (χ0v) is 8.92. The Hall–Kier alpha value is -1.76. The molecule has 0 spiro atoms. The van der Waals surface area contributed by atoms with Crippen LogP contribution in [0.1, 0.15) is 10.6 Å². The van der Waals surface area contributed by atoms with Crippen molar-refractivity contribution in [2.45, 2.75) is 0 Å². The lowest BCUT2D eigenvalue weighted by molar-refractivity contribution is 0.0680. The molecule has 0 aliphatic carbocycles. The number of hydrogen-bond donors (Lipinski definition) is 1. The molecule has 1 heterocycles. The predicted molar refractivity (Wildman–Crippen MR) is 53.8 cm³/mol. The first kappa shape index (κ1) is 9.78. The Morgan fingerprint density at radius 1 is 1.47 bits per heavy atom. The zero-order valence-electron chi connectivity index (χ0n) is 7.33. The standard InChI is InChI=1S/C8H5BrN4O2/c9-5-2-1-3-6(4-5)13-7(8(14)15)10-11-12-13/h1-4H,(H,14,15). The van der Waals surface area contributed by atoms with E-state index in [1.54, 1.807) is 18.2 Å². The van der Waals surface area contributed by atoms with E-state index < -0.39 is 5.97 Å². The summed E-state index contributed by atoms with van der Waals surface area (Å²) in [6.45, 7) is 0. The van der Waals surface area contributed by atoms with Gasteiger partial charge in [-0.25, -0.2) is 4.79 Å². The van der Waals surface area contributed by atoms with E-state index in [0.29, 0.717) is 5.69 Å². The highest BCUT2D eigenvalue weighted by atomic mass is 79.9.